The second-order valence-corrected chi connectivity index (χ2v) is 8.36. The summed E-state index contributed by atoms with van der Waals surface area (Å²) in [4.78, 5) is 26.1. The Bertz CT molecular complexity index is 1590. The predicted octanol–water partition coefficient (Wildman–Crippen LogP) is 5.84. The highest BCUT2D eigenvalue weighted by molar-refractivity contribution is 5.94. The van der Waals surface area contributed by atoms with E-state index in [-0.39, 0.29) is 29.7 Å². The predicted molar refractivity (Wildman–Crippen MR) is 144 cm³/mol. The van der Waals surface area contributed by atoms with E-state index in [1.807, 2.05) is 36.4 Å². The van der Waals surface area contributed by atoms with Crippen molar-refractivity contribution in [3.63, 3.8) is 0 Å². The minimum absolute atomic E-state index is 0.196. The molecule has 1 heterocycles. The fourth-order valence-electron chi connectivity index (χ4n) is 3.74. The molecule has 0 unspecified atom stereocenters. The number of nitrogens with one attached hydrogen (secondary N) is 2. The number of carbonyl (C=O) groups is 1. The van der Waals surface area contributed by atoms with E-state index in [1.54, 1.807) is 60.7 Å². The van der Waals surface area contributed by atoms with E-state index < -0.39 is 5.56 Å². The second kappa shape index (κ2) is 11.2. The highest BCUT2D eigenvalue weighted by atomic mass is 19.1. The van der Waals surface area contributed by atoms with Gasteiger partial charge in [-0.1, -0.05) is 48.5 Å². The van der Waals surface area contributed by atoms with E-state index in [9.17, 15) is 14.0 Å². The third kappa shape index (κ3) is 5.76. The molecule has 8 heteroatoms. The van der Waals surface area contributed by atoms with Crippen LogP contribution in [0.15, 0.2) is 120 Å². The maximum absolute atomic E-state index is 13.5. The summed E-state index contributed by atoms with van der Waals surface area (Å²) in [5.41, 5.74) is 2.22. The van der Waals surface area contributed by atoms with Crippen LogP contribution in [-0.2, 0) is 6.54 Å². The number of benzene rings is 4. The van der Waals surface area contributed by atoms with Crippen LogP contribution in [0.1, 0.15) is 15.9 Å². The van der Waals surface area contributed by atoms with Gasteiger partial charge in [0.25, 0.3) is 11.5 Å². The summed E-state index contributed by atoms with van der Waals surface area (Å²) in [7, 11) is 0. The Labute approximate surface area is 218 Å². The van der Waals surface area contributed by atoms with Crippen LogP contribution in [0.3, 0.4) is 0 Å². The number of hydrogen-bond acceptors (Lipinski definition) is 5. The van der Waals surface area contributed by atoms with Crippen molar-refractivity contribution in [2.24, 2.45) is 0 Å². The van der Waals surface area contributed by atoms with Crippen molar-refractivity contribution in [3.8, 4) is 17.2 Å². The number of anilines is 2. The topological polar surface area (TPSA) is 85.2 Å². The number of ether oxygens (including phenoxy) is 1. The maximum Gasteiger partial charge on any atom is 0.299 e. The molecule has 0 spiro atoms. The third-order valence-corrected chi connectivity index (χ3v) is 5.70. The van der Waals surface area contributed by atoms with Gasteiger partial charge in [-0.25, -0.2) is 4.39 Å². The summed E-state index contributed by atoms with van der Waals surface area (Å²) in [6.45, 7) is 0.273. The lowest BCUT2D eigenvalue weighted by Crippen LogP contribution is -2.24. The van der Waals surface area contributed by atoms with Crippen LogP contribution in [0.4, 0.5) is 15.8 Å². The van der Waals surface area contributed by atoms with E-state index in [4.69, 9.17) is 4.74 Å². The zero-order valence-corrected chi connectivity index (χ0v) is 20.2. The fourth-order valence-corrected chi connectivity index (χ4v) is 3.74. The van der Waals surface area contributed by atoms with E-state index in [0.717, 1.165) is 5.56 Å². The smallest absolute Gasteiger partial charge is 0.299 e. The van der Waals surface area contributed by atoms with Crippen molar-refractivity contribution >= 4 is 17.3 Å². The molecule has 0 radical (unpaired) electrons. The average molecular weight is 507 g/mol. The van der Waals surface area contributed by atoms with Crippen molar-refractivity contribution in [2.75, 3.05) is 5.32 Å². The van der Waals surface area contributed by atoms with Crippen LogP contribution < -0.4 is 20.9 Å². The zero-order valence-electron chi connectivity index (χ0n) is 20.2. The van der Waals surface area contributed by atoms with Crippen molar-refractivity contribution in [1.82, 2.24) is 15.1 Å². The van der Waals surface area contributed by atoms with Crippen molar-refractivity contribution in [2.45, 2.75) is 6.54 Å². The quantitative estimate of drug-likeness (QED) is 0.276. The van der Waals surface area contributed by atoms with Gasteiger partial charge in [0.15, 0.2) is 11.4 Å². The Morgan fingerprint density at radius 2 is 1.50 bits per heavy atom. The van der Waals surface area contributed by atoms with Gasteiger partial charge >= 0.3 is 0 Å². The zero-order chi connectivity index (χ0) is 26.3. The van der Waals surface area contributed by atoms with Crippen LogP contribution >= 0.6 is 0 Å². The molecule has 4 aromatic carbocycles. The Kier molecular flexibility index (Phi) is 7.22. The molecule has 1 aromatic heterocycles. The molecule has 0 aliphatic rings. The molecule has 38 heavy (non-hydrogen) atoms. The lowest BCUT2D eigenvalue weighted by atomic mass is 10.1. The molecule has 1 amide bonds. The first-order valence-electron chi connectivity index (χ1n) is 11.9. The van der Waals surface area contributed by atoms with Crippen molar-refractivity contribution < 1.29 is 13.9 Å². The SMILES string of the molecule is O=C(NCc1ccc(F)cc1)c1ccc(Nc2c(Oc3ccccc3)cnn(-c3ccccc3)c2=O)cc1. The number of nitrogens with zero attached hydrogens (tertiary/aromatic N) is 2. The molecule has 188 valence electrons. The van der Waals surface area contributed by atoms with Gasteiger partial charge in [0.1, 0.15) is 11.6 Å². The minimum atomic E-state index is -0.397. The first-order valence-corrected chi connectivity index (χ1v) is 11.9. The van der Waals surface area contributed by atoms with E-state index >= 15 is 0 Å². The molecule has 0 atom stereocenters. The summed E-state index contributed by atoms with van der Waals surface area (Å²) in [5.74, 6) is 0.214. The number of hydrogen-bond donors (Lipinski definition) is 2. The molecule has 7 nitrogen and oxygen atoms in total. The first kappa shape index (κ1) is 24.5. The minimum Gasteiger partial charge on any atom is -0.453 e. The van der Waals surface area contributed by atoms with Crippen molar-refractivity contribution in [3.05, 3.63) is 143 Å². The van der Waals surface area contributed by atoms with E-state index in [1.165, 1.54) is 23.0 Å². The van der Waals surface area contributed by atoms with Crippen LogP contribution in [0.5, 0.6) is 11.5 Å². The molecule has 0 aliphatic heterocycles. The number of carbonyl (C=O) groups excluding carboxylic acids is 1. The van der Waals surface area contributed by atoms with Crippen LogP contribution in [0.25, 0.3) is 5.69 Å². The number of para-hydroxylation sites is 2. The molecule has 5 aromatic rings. The largest absolute Gasteiger partial charge is 0.453 e. The Morgan fingerprint density at radius 1 is 0.842 bits per heavy atom. The molecule has 0 saturated heterocycles. The summed E-state index contributed by atoms with van der Waals surface area (Å²) < 4.78 is 20.3. The van der Waals surface area contributed by atoms with Gasteiger partial charge < -0.3 is 15.4 Å². The monoisotopic (exact) mass is 506 g/mol. The van der Waals surface area contributed by atoms with Gasteiger partial charge in [-0.05, 0) is 66.2 Å². The Morgan fingerprint density at radius 3 is 2.18 bits per heavy atom. The van der Waals surface area contributed by atoms with E-state index in [2.05, 4.69) is 15.7 Å². The normalized spacial score (nSPS) is 10.6. The first-order chi connectivity index (χ1) is 18.6. The number of halogens is 1. The highest BCUT2D eigenvalue weighted by Crippen LogP contribution is 2.28. The van der Waals surface area contributed by atoms with Crippen LogP contribution in [-0.4, -0.2) is 15.7 Å². The third-order valence-electron chi connectivity index (χ3n) is 5.70. The standard InChI is InChI=1S/C30H23FN4O3/c31-23-15-11-21(12-16-23)19-32-29(36)22-13-17-24(18-14-22)34-28-27(38-26-9-5-2-6-10-26)20-33-35(30(28)37)25-7-3-1-4-8-25/h1-18,20,34H,19H2,(H,32,36). The van der Waals surface area contributed by atoms with Crippen molar-refractivity contribution in [1.29, 1.82) is 0 Å². The van der Waals surface area contributed by atoms with Gasteiger partial charge in [0, 0.05) is 17.8 Å². The summed E-state index contributed by atoms with van der Waals surface area (Å²) in [5, 5.41) is 10.2. The number of amides is 1. The van der Waals surface area contributed by atoms with Crippen LogP contribution in [0, 0.1) is 5.82 Å². The fraction of sp³-hybridized carbons (Fsp3) is 0.0333. The Balaban J connectivity index is 1.38. The molecule has 0 bridgehead atoms. The lowest BCUT2D eigenvalue weighted by molar-refractivity contribution is 0.0951. The van der Waals surface area contributed by atoms with Gasteiger partial charge in [0.05, 0.1) is 11.9 Å². The van der Waals surface area contributed by atoms with Gasteiger partial charge in [0.2, 0.25) is 0 Å². The molecule has 2 N–H and O–H groups in total. The van der Waals surface area contributed by atoms with Crippen LogP contribution in [0.2, 0.25) is 0 Å². The maximum atomic E-state index is 13.5. The van der Waals surface area contributed by atoms with Gasteiger partial charge in [-0.3, -0.25) is 9.59 Å². The molecule has 0 fully saturated rings. The summed E-state index contributed by atoms with van der Waals surface area (Å²) in [6.07, 6.45) is 1.49. The molecule has 0 saturated carbocycles. The van der Waals surface area contributed by atoms with E-state index in [0.29, 0.717) is 22.7 Å². The highest BCUT2D eigenvalue weighted by Gasteiger charge is 2.16. The summed E-state index contributed by atoms with van der Waals surface area (Å²) >= 11 is 0. The lowest BCUT2D eigenvalue weighted by Gasteiger charge is -2.15. The second-order valence-electron chi connectivity index (χ2n) is 8.36. The average Bonchev–Trinajstić information content (AvgIpc) is 2.96. The Hall–Kier alpha value is -5.24. The molecule has 0 aliphatic carbocycles. The number of rotatable bonds is 8. The van der Waals surface area contributed by atoms with Gasteiger partial charge in [-0.2, -0.15) is 9.78 Å². The molecular formula is C30H23FN4O3. The summed E-state index contributed by atoms with van der Waals surface area (Å²) in [6, 6.07) is 30.8. The molecule has 5 rings (SSSR count). The van der Waals surface area contributed by atoms with Gasteiger partial charge in [-0.15, -0.1) is 0 Å². The number of aromatic nitrogens is 2. The molecular weight excluding hydrogens is 483 g/mol.